The molecule has 182 valence electrons. The molecule has 0 radical (unpaired) electrons. The average Bonchev–Trinajstić information content (AvgIpc) is 3.16. The monoisotopic (exact) mass is 463 g/mol. The first-order valence-electron chi connectivity index (χ1n) is 13.1. The third-order valence-corrected chi connectivity index (χ3v) is 10.7. The number of fused-ring (bicyclic) bond motifs is 5. The highest BCUT2D eigenvalue weighted by Gasteiger charge is 2.61. The number of hydrogen-bond donors (Lipinski definition) is 1. The summed E-state index contributed by atoms with van der Waals surface area (Å²) in [5, 5.41) is 22.3. The van der Waals surface area contributed by atoms with Crippen molar-refractivity contribution in [3.05, 3.63) is 39.9 Å². The van der Waals surface area contributed by atoms with Crippen molar-refractivity contribution in [2.75, 3.05) is 0 Å². The fraction of sp³-hybridized carbons (Fsp3) is 0.690. The summed E-state index contributed by atoms with van der Waals surface area (Å²) < 4.78 is 0. The lowest BCUT2D eigenvalue weighted by Crippen LogP contribution is -2.56. The van der Waals surface area contributed by atoms with Gasteiger partial charge in [0.2, 0.25) is 0 Å². The van der Waals surface area contributed by atoms with E-state index in [4.69, 9.17) is 0 Å². The maximum Gasteiger partial charge on any atom is 0.269 e. The van der Waals surface area contributed by atoms with Crippen LogP contribution < -0.4 is 0 Å². The van der Waals surface area contributed by atoms with Gasteiger partial charge < -0.3 is 5.11 Å². The van der Waals surface area contributed by atoms with Crippen molar-refractivity contribution in [2.45, 2.75) is 84.2 Å². The minimum atomic E-state index is -0.991. The Balaban J connectivity index is 1.32. The largest absolute Gasteiger partial charge is 0.378 e. The third-order valence-electron chi connectivity index (χ3n) is 10.7. The van der Waals surface area contributed by atoms with Crippen LogP contribution in [-0.4, -0.2) is 21.4 Å². The van der Waals surface area contributed by atoms with Gasteiger partial charge in [0.25, 0.3) is 5.69 Å². The number of nitro benzene ring substituents is 1. The second-order valence-corrected chi connectivity index (χ2v) is 12.2. The number of Topliss-reactive ketones (excluding diaryl/α,β-unsaturated/α-hetero) is 1. The lowest BCUT2D eigenvalue weighted by atomic mass is 9.44. The van der Waals surface area contributed by atoms with E-state index in [1.807, 2.05) is 0 Å². The maximum atomic E-state index is 12.4. The minimum Gasteiger partial charge on any atom is -0.378 e. The first-order valence-corrected chi connectivity index (χ1v) is 13.1. The van der Waals surface area contributed by atoms with E-state index in [9.17, 15) is 20.0 Å². The maximum absolute atomic E-state index is 12.4. The van der Waals surface area contributed by atoms with E-state index in [-0.39, 0.29) is 22.4 Å². The molecule has 0 aromatic heterocycles. The van der Waals surface area contributed by atoms with Crippen molar-refractivity contribution in [1.82, 2.24) is 0 Å². The second-order valence-electron chi connectivity index (χ2n) is 12.2. The number of ketones is 1. The molecule has 5 heteroatoms. The van der Waals surface area contributed by atoms with Gasteiger partial charge >= 0.3 is 0 Å². The molecule has 4 aliphatic rings. The van der Waals surface area contributed by atoms with Crippen LogP contribution in [0.15, 0.2) is 24.3 Å². The van der Waals surface area contributed by atoms with Crippen molar-refractivity contribution < 1.29 is 14.8 Å². The van der Waals surface area contributed by atoms with Crippen LogP contribution in [0.25, 0.3) is 0 Å². The second kappa shape index (κ2) is 8.19. The smallest absolute Gasteiger partial charge is 0.269 e. The fourth-order valence-electron chi connectivity index (χ4n) is 8.88. The summed E-state index contributed by atoms with van der Waals surface area (Å²) in [5.41, 5.74) is 0.176. The number of rotatable bonds is 2. The van der Waals surface area contributed by atoms with Gasteiger partial charge in [-0.3, -0.25) is 14.9 Å². The standard InChI is InChI=1S/C29H37NO4/c1-19(31)24-10-11-25-23-9-6-21-18-29(32,15-12-20-4-7-22(8-5-20)30(33)34)17-16-27(21,2)26(23)13-14-28(24,25)3/h4-5,7-8,21,23-26,32H,6,9-11,13-14,16-18H2,1-3H3/t21?,23-,24+,25-,26-,27-,28+,29?/m0/s1. The molecule has 2 unspecified atom stereocenters. The number of carbonyl (C=O) groups is 1. The molecule has 0 bridgehead atoms. The Morgan fingerprint density at radius 2 is 1.71 bits per heavy atom. The van der Waals surface area contributed by atoms with Crippen LogP contribution in [0.5, 0.6) is 0 Å². The summed E-state index contributed by atoms with van der Waals surface area (Å²) in [6, 6.07) is 6.23. The van der Waals surface area contributed by atoms with Crippen LogP contribution in [-0.2, 0) is 4.79 Å². The number of non-ortho nitro benzene ring substituents is 1. The Morgan fingerprint density at radius 3 is 2.38 bits per heavy atom. The van der Waals surface area contributed by atoms with Crippen LogP contribution in [0, 0.1) is 62.4 Å². The Kier molecular flexibility index (Phi) is 5.67. The molecular formula is C29H37NO4. The summed E-state index contributed by atoms with van der Waals surface area (Å²) in [7, 11) is 0. The molecule has 0 heterocycles. The average molecular weight is 464 g/mol. The van der Waals surface area contributed by atoms with Gasteiger partial charge in [-0.15, -0.1) is 0 Å². The number of benzene rings is 1. The van der Waals surface area contributed by atoms with Gasteiger partial charge in [0.1, 0.15) is 11.4 Å². The highest BCUT2D eigenvalue weighted by molar-refractivity contribution is 5.79. The molecule has 5 nitrogen and oxygen atoms in total. The predicted octanol–water partition coefficient (Wildman–Crippen LogP) is 5.93. The minimum absolute atomic E-state index is 0.0509. The molecule has 4 aliphatic carbocycles. The molecule has 0 spiro atoms. The Labute approximate surface area is 202 Å². The van der Waals surface area contributed by atoms with Crippen molar-refractivity contribution in [3.8, 4) is 11.8 Å². The molecule has 34 heavy (non-hydrogen) atoms. The number of nitro groups is 1. The van der Waals surface area contributed by atoms with Crippen LogP contribution in [0.2, 0.25) is 0 Å². The van der Waals surface area contributed by atoms with E-state index < -0.39 is 10.5 Å². The van der Waals surface area contributed by atoms with Gasteiger partial charge in [-0.05, 0) is 111 Å². The molecule has 8 atom stereocenters. The van der Waals surface area contributed by atoms with Gasteiger partial charge in [-0.1, -0.05) is 25.7 Å². The SMILES string of the molecule is CC(=O)[C@H]1CC[C@H]2[C@@H]3CCC4CC(O)(C#Cc5ccc([N+](=O)[O-])cc5)CC[C@]4(C)[C@H]3CC[C@]12C. The van der Waals surface area contributed by atoms with Gasteiger partial charge in [0.15, 0.2) is 0 Å². The Morgan fingerprint density at radius 1 is 1.00 bits per heavy atom. The van der Waals surface area contributed by atoms with Gasteiger partial charge in [-0.2, -0.15) is 0 Å². The van der Waals surface area contributed by atoms with Gasteiger partial charge in [0, 0.05) is 23.6 Å². The van der Waals surface area contributed by atoms with E-state index in [1.165, 1.54) is 31.4 Å². The van der Waals surface area contributed by atoms with Crippen molar-refractivity contribution in [2.24, 2.45) is 40.4 Å². The van der Waals surface area contributed by atoms with Crippen LogP contribution >= 0.6 is 0 Å². The zero-order valence-corrected chi connectivity index (χ0v) is 20.7. The molecule has 1 aromatic rings. The number of aliphatic hydroxyl groups is 1. The molecule has 1 N–H and O–H groups in total. The lowest BCUT2D eigenvalue weighted by Gasteiger charge is -2.61. The topological polar surface area (TPSA) is 80.4 Å². The van der Waals surface area contributed by atoms with Crippen molar-refractivity contribution in [1.29, 1.82) is 0 Å². The fourth-order valence-corrected chi connectivity index (χ4v) is 8.88. The van der Waals surface area contributed by atoms with E-state index in [0.717, 1.165) is 25.7 Å². The molecule has 4 fully saturated rings. The molecule has 0 amide bonds. The number of hydrogen-bond acceptors (Lipinski definition) is 4. The van der Waals surface area contributed by atoms with E-state index in [1.54, 1.807) is 19.1 Å². The number of nitrogens with zero attached hydrogens (tertiary/aromatic N) is 1. The molecule has 4 saturated carbocycles. The first-order chi connectivity index (χ1) is 16.1. The van der Waals surface area contributed by atoms with Crippen molar-refractivity contribution >= 4 is 11.5 Å². The summed E-state index contributed by atoms with van der Waals surface area (Å²) in [4.78, 5) is 22.8. The highest BCUT2D eigenvalue weighted by Crippen LogP contribution is 2.68. The van der Waals surface area contributed by atoms with Crippen molar-refractivity contribution in [3.63, 3.8) is 0 Å². The zero-order chi connectivity index (χ0) is 24.3. The van der Waals surface area contributed by atoms with Crippen LogP contribution in [0.4, 0.5) is 5.69 Å². The first kappa shape index (κ1) is 23.5. The molecule has 5 rings (SSSR count). The van der Waals surface area contributed by atoms with Crippen LogP contribution in [0.1, 0.15) is 84.1 Å². The Hall–Kier alpha value is -2.19. The molecular weight excluding hydrogens is 426 g/mol. The molecule has 0 aliphatic heterocycles. The van der Waals surface area contributed by atoms with E-state index in [2.05, 4.69) is 25.7 Å². The normalized spacial score (nSPS) is 43.0. The van der Waals surface area contributed by atoms with Crippen LogP contribution in [0.3, 0.4) is 0 Å². The van der Waals surface area contributed by atoms with Gasteiger partial charge in [-0.25, -0.2) is 0 Å². The molecule has 0 saturated heterocycles. The summed E-state index contributed by atoms with van der Waals surface area (Å²) in [6.45, 7) is 6.66. The summed E-state index contributed by atoms with van der Waals surface area (Å²) >= 11 is 0. The summed E-state index contributed by atoms with van der Waals surface area (Å²) in [5.74, 6) is 9.38. The lowest BCUT2D eigenvalue weighted by molar-refractivity contribution is -0.384. The number of carbonyl (C=O) groups excluding carboxylic acids is 1. The third kappa shape index (κ3) is 3.70. The van der Waals surface area contributed by atoms with Gasteiger partial charge in [0.05, 0.1) is 4.92 Å². The molecule has 1 aromatic carbocycles. The highest BCUT2D eigenvalue weighted by atomic mass is 16.6. The Bertz CT molecular complexity index is 1050. The zero-order valence-electron chi connectivity index (χ0n) is 20.7. The van der Waals surface area contributed by atoms with E-state index >= 15 is 0 Å². The van der Waals surface area contributed by atoms with E-state index in [0.29, 0.717) is 47.9 Å². The quantitative estimate of drug-likeness (QED) is 0.335. The predicted molar refractivity (Wildman–Crippen MR) is 131 cm³/mol. The summed E-state index contributed by atoms with van der Waals surface area (Å²) in [6.07, 6.45) is 9.37.